The van der Waals surface area contributed by atoms with E-state index in [1.807, 2.05) is 25.2 Å². The Morgan fingerprint density at radius 1 is 1.27 bits per heavy atom. The van der Waals surface area contributed by atoms with Crippen LogP contribution in [0.4, 0.5) is 11.4 Å². The predicted molar refractivity (Wildman–Crippen MR) is 48.0 cm³/mol. The van der Waals surface area contributed by atoms with Gasteiger partial charge >= 0.3 is 0 Å². The monoisotopic (exact) mass is 151 g/mol. The first-order valence-electron chi connectivity index (χ1n) is 3.52. The minimum atomic E-state index is 0.643. The van der Waals surface area contributed by atoms with Crippen LogP contribution in [0.1, 0.15) is 5.56 Å². The van der Waals surface area contributed by atoms with Crippen LogP contribution >= 0.6 is 0 Å². The highest BCUT2D eigenvalue weighted by atomic mass is 14.8. The molecule has 0 aliphatic rings. The van der Waals surface area contributed by atoms with Crippen LogP contribution < -0.4 is 16.8 Å². The normalized spacial score (nSPS) is 9.91. The summed E-state index contributed by atoms with van der Waals surface area (Å²) in [4.78, 5) is 0. The van der Waals surface area contributed by atoms with Crippen LogP contribution in [0.15, 0.2) is 18.2 Å². The van der Waals surface area contributed by atoms with Crippen LogP contribution in [0.5, 0.6) is 0 Å². The standard InChI is InChI=1S/C8H13N3/c1-11-5-6-2-3-7(9)8(10)4-6/h2-4,11H,5,9-10H2,1H3. The highest BCUT2D eigenvalue weighted by Gasteiger charge is 1.94. The molecule has 3 nitrogen and oxygen atoms in total. The van der Waals surface area contributed by atoms with Crippen LogP contribution in [-0.4, -0.2) is 7.05 Å². The van der Waals surface area contributed by atoms with Crippen LogP contribution in [0, 0.1) is 0 Å². The lowest BCUT2D eigenvalue weighted by molar-refractivity contribution is 0.818. The Morgan fingerprint density at radius 2 is 2.00 bits per heavy atom. The first-order valence-corrected chi connectivity index (χ1v) is 3.52. The molecule has 1 aromatic rings. The second-order valence-corrected chi connectivity index (χ2v) is 2.49. The summed E-state index contributed by atoms with van der Waals surface area (Å²) >= 11 is 0. The van der Waals surface area contributed by atoms with Crippen molar-refractivity contribution < 1.29 is 0 Å². The fraction of sp³-hybridized carbons (Fsp3) is 0.250. The zero-order valence-corrected chi connectivity index (χ0v) is 6.59. The molecule has 60 valence electrons. The summed E-state index contributed by atoms with van der Waals surface area (Å²) in [5.74, 6) is 0. The Bertz CT molecular complexity index is 245. The number of nitrogens with one attached hydrogen (secondary N) is 1. The Labute approximate surface area is 66.4 Å². The first kappa shape index (κ1) is 7.88. The Hall–Kier alpha value is -1.22. The van der Waals surface area contributed by atoms with Gasteiger partial charge in [0.05, 0.1) is 11.4 Å². The summed E-state index contributed by atoms with van der Waals surface area (Å²) in [6, 6.07) is 5.66. The maximum absolute atomic E-state index is 5.60. The van der Waals surface area contributed by atoms with Crippen molar-refractivity contribution >= 4 is 11.4 Å². The van der Waals surface area contributed by atoms with Gasteiger partial charge in [-0.15, -0.1) is 0 Å². The largest absolute Gasteiger partial charge is 0.397 e. The molecule has 0 aliphatic heterocycles. The van der Waals surface area contributed by atoms with Gasteiger partial charge in [-0.05, 0) is 24.7 Å². The summed E-state index contributed by atoms with van der Waals surface area (Å²) in [6.07, 6.45) is 0. The average Bonchev–Trinajstić information content (AvgIpc) is 1.98. The van der Waals surface area contributed by atoms with Crippen molar-refractivity contribution in [1.29, 1.82) is 0 Å². The fourth-order valence-corrected chi connectivity index (χ4v) is 0.938. The van der Waals surface area contributed by atoms with Gasteiger partial charge < -0.3 is 16.8 Å². The van der Waals surface area contributed by atoms with Crippen molar-refractivity contribution in [3.05, 3.63) is 23.8 Å². The molecule has 0 saturated heterocycles. The van der Waals surface area contributed by atoms with Crippen molar-refractivity contribution in [2.24, 2.45) is 0 Å². The number of hydrogen-bond donors (Lipinski definition) is 3. The number of benzene rings is 1. The number of nitrogens with two attached hydrogens (primary N) is 2. The quantitative estimate of drug-likeness (QED) is 0.541. The molecule has 3 heteroatoms. The number of nitrogen functional groups attached to an aromatic ring is 2. The SMILES string of the molecule is CNCc1ccc(N)c(N)c1. The molecule has 11 heavy (non-hydrogen) atoms. The smallest absolute Gasteiger partial charge is 0.0551 e. The third-order valence-electron chi connectivity index (χ3n) is 1.53. The molecule has 0 saturated carbocycles. The first-order chi connectivity index (χ1) is 5.24. The average molecular weight is 151 g/mol. The van der Waals surface area contributed by atoms with E-state index in [0.717, 1.165) is 12.1 Å². The molecule has 0 spiro atoms. The molecule has 0 atom stereocenters. The highest BCUT2D eigenvalue weighted by molar-refractivity contribution is 5.63. The van der Waals surface area contributed by atoms with E-state index in [1.54, 1.807) is 0 Å². The molecule has 0 aliphatic carbocycles. The second-order valence-electron chi connectivity index (χ2n) is 2.49. The zero-order valence-electron chi connectivity index (χ0n) is 6.59. The lowest BCUT2D eigenvalue weighted by Crippen LogP contribution is -2.05. The van der Waals surface area contributed by atoms with Crippen molar-refractivity contribution in [2.45, 2.75) is 6.54 Å². The lowest BCUT2D eigenvalue weighted by Gasteiger charge is -2.03. The summed E-state index contributed by atoms with van der Waals surface area (Å²) in [5.41, 5.74) is 13.6. The van der Waals surface area contributed by atoms with Gasteiger partial charge in [0.15, 0.2) is 0 Å². The van der Waals surface area contributed by atoms with Crippen molar-refractivity contribution in [3.63, 3.8) is 0 Å². The molecular weight excluding hydrogens is 138 g/mol. The molecule has 0 radical (unpaired) electrons. The lowest BCUT2D eigenvalue weighted by atomic mass is 10.2. The third kappa shape index (κ3) is 1.85. The minimum absolute atomic E-state index is 0.643. The molecular formula is C8H13N3. The summed E-state index contributed by atoms with van der Waals surface area (Å²) in [6.45, 7) is 0.824. The predicted octanol–water partition coefficient (Wildman–Crippen LogP) is 0.570. The fourth-order valence-electron chi connectivity index (χ4n) is 0.938. The van der Waals surface area contributed by atoms with Gasteiger partial charge in [0.1, 0.15) is 0 Å². The van der Waals surface area contributed by atoms with Crippen molar-refractivity contribution in [1.82, 2.24) is 5.32 Å². The van der Waals surface area contributed by atoms with Crippen LogP contribution in [0.2, 0.25) is 0 Å². The van der Waals surface area contributed by atoms with E-state index in [0.29, 0.717) is 11.4 Å². The molecule has 0 heterocycles. The third-order valence-corrected chi connectivity index (χ3v) is 1.53. The van der Waals surface area contributed by atoms with Crippen LogP contribution in [0.3, 0.4) is 0 Å². The molecule has 0 aromatic heterocycles. The van der Waals surface area contributed by atoms with Crippen molar-refractivity contribution in [2.75, 3.05) is 18.5 Å². The highest BCUT2D eigenvalue weighted by Crippen LogP contribution is 2.15. The molecule has 1 rings (SSSR count). The maximum Gasteiger partial charge on any atom is 0.0551 e. The Morgan fingerprint density at radius 3 is 2.55 bits per heavy atom. The van der Waals surface area contributed by atoms with Crippen LogP contribution in [0.25, 0.3) is 0 Å². The van der Waals surface area contributed by atoms with Gasteiger partial charge in [-0.1, -0.05) is 6.07 Å². The van der Waals surface area contributed by atoms with Gasteiger partial charge in [-0.3, -0.25) is 0 Å². The number of anilines is 2. The van der Waals surface area contributed by atoms with E-state index in [-0.39, 0.29) is 0 Å². The maximum atomic E-state index is 5.60. The topological polar surface area (TPSA) is 64.1 Å². The summed E-state index contributed by atoms with van der Waals surface area (Å²) in [5, 5.41) is 3.03. The van der Waals surface area contributed by atoms with E-state index < -0.39 is 0 Å². The van der Waals surface area contributed by atoms with E-state index in [2.05, 4.69) is 5.32 Å². The van der Waals surface area contributed by atoms with Gasteiger partial charge in [0.25, 0.3) is 0 Å². The van der Waals surface area contributed by atoms with Crippen LogP contribution in [-0.2, 0) is 6.54 Å². The molecule has 0 bridgehead atoms. The van der Waals surface area contributed by atoms with Gasteiger partial charge in [0.2, 0.25) is 0 Å². The molecule has 1 aromatic carbocycles. The molecule has 0 unspecified atom stereocenters. The number of rotatable bonds is 2. The minimum Gasteiger partial charge on any atom is -0.397 e. The van der Waals surface area contributed by atoms with E-state index in [1.165, 1.54) is 0 Å². The zero-order chi connectivity index (χ0) is 8.27. The van der Waals surface area contributed by atoms with E-state index in [4.69, 9.17) is 11.5 Å². The summed E-state index contributed by atoms with van der Waals surface area (Å²) in [7, 11) is 1.90. The molecule has 0 amide bonds. The van der Waals surface area contributed by atoms with Crippen molar-refractivity contribution in [3.8, 4) is 0 Å². The second kappa shape index (κ2) is 3.25. The van der Waals surface area contributed by atoms with E-state index >= 15 is 0 Å². The van der Waals surface area contributed by atoms with Gasteiger partial charge in [-0.2, -0.15) is 0 Å². The Balaban J connectivity index is 2.86. The van der Waals surface area contributed by atoms with Gasteiger partial charge in [-0.25, -0.2) is 0 Å². The Kier molecular flexibility index (Phi) is 2.33. The molecule has 5 N–H and O–H groups in total. The summed E-state index contributed by atoms with van der Waals surface area (Å²) < 4.78 is 0. The van der Waals surface area contributed by atoms with E-state index in [9.17, 15) is 0 Å². The molecule has 0 fully saturated rings. The van der Waals surface area contributed by atoms with Gasteiger partial charge in [0, 0.05) is 6.54 Å². The number of hydrogen-bond acceptors (Lipinski definition) is 3.